The highest BCUT2D eigenvalue weighted by Crippen LogP contribution is 2.28. The maximum Gasteiger partial charge on any atom is 0.117 e. The van der Waals surface area contributed by atoms with E-state index in [1.165, 1.54) is 5.56 Å². The molecule has 0 fully saturated rings. The minimum absolute atomic E-state index is 0.0232. The van der Waals surface area contributed by atoms with Crippen LogP contribution in [0.2, 0.25) is 0 Å². The molecule has 0 aliphatic carbocycles. The monoisotopic (exact) mass is 376 g/mol. The highest BCUT2D eigenvalue weighted by molar-refractivity contribution is 5.60. The summed E-state index contributed by atoms with van der Waals surface area (Å²) in [6.45, 7) is 12.7. The molecular formula is C24H32N4. The molecule has 0 atom stereocenters. The Morgan fingerprint density at radius 1 is 0.821 bits per heavy atom. The molecule has 0 unspecified atom stereocenters. The Kier molecular flexibility index (Phi) is 5.99. The van der Waals surface area contributed by atoms with Gasteiger partial charge in [-0.1, -0.05) is 81.4 Å². The molecule has 148 valence electrons. The first-order valence-corrected chi connectivity index (χ1v) is 10.0. The van der Waals surface area contributed by atoms with E-state index >= 15 is 0 Å². The minimum atomic E-state index is 0.0232. The second-order valence-corrected chi connectivity index (χ2v) is 9.35. The van der Waals surface area contributed by atoms with E-state index in [2.05, 4.69) is 76.3 Å². The second kappa shape index (κ2) is 8.27. The summed E-state index contributed by atoms with van der Waals surface area (Å²) < 4.78 is 0. The Balaban J connectivity index is 1.84. The van der Waals surface area contributed by atoms with Crippen LogP contribution in [0.4, 0.5) is 0 Å². The third kappa shape index (κ3) is 5.77. The normalized spacial score (nSPS) is 12.3. The maximum atomic E-state index is 4.82. The van der Waals surface area contributed by atoms with Gasteiger partial charge in [0.1, 0.15) is 11.4 Å². The number of aromatic nitrogens is 3. The first-order valence-electron chi connectivity index (χ1n) is 10.0. The van der Waals surface area contributed by atoms with E-state index in [1.54, 1.807) is 0 Å². The van der Waals surface area contributed by atoms with Crippen LogP contribution in [0, 0.1) is 5.41 Å². The molecule has 0 amide bonds. The van der Waals surface area contributed by atoms with Gasteiger partial charge in [-0.2, -0.15) is 15.0 Å². The fraction of sp³-hybridized carbons (Fsp3) is 0.417. The summed E-state index contributed by atoms with van der Waals surface area (Å²) in [6.07, 6.45) is 1.08. The van der Waals surface area contributed by atoms with Gasteiger partial charge in [0.2, 0.25) is 0 Å². The van der Waals surface area contributed by atoms with Gasteiger partial charge in [-0.05, 0) is 31.2 Å². The topological polar surface area (TPSA) is 42.7 Å². The molecule has 0 spiro atoms. The van der Waals surface area contributed by atoms with Gasteiger partial charge in [-0.3, -0.25) is 0 Å². The Morgan fingerprint density at radius 3 is 2.04 bits per heavy atom. The third-order valence-electron chi connectivity index (χ3n) is 4.65. The Bertz CT molecular complexity index is 874. The molecule has 2 aromatic carbocycles. The number of benzene rings is 2. The highest BCUT2D eigenvalue weighted by Gasteiger charge is 2.26. The molecule has 28 heavy (non-hydrogen) atoms. The molecule has 1 heterocycles. The van der Waals surface area contributed by atoms with Gasteiger partial charge in [-0.25, -0.2) is 0 Å². The lowest BCUT2D eigenvalue weighted by atomic mass is 9.82. The molecule has 1 aromatic heterocycles. The van der Waals surface area contributed by atoms with Crippen LogP contribution in [-0.4, -0.2) is 20.5 Å². The minimum Gasteiger partial charge on any atom is -0.306 e. The van der Waals surface area contributed by atoms with Crippen molar-refractivity contribution in [1.82, 2.24) is 20.3 Å². The van der Waals surface area contributed by atoms with Gasteiger partial charge in [0.25, 0.3) is 0 Å². The van der Waals surface area contributed by atoms with Crippen LogP contribution in [0.25, 0.3) is 11.3 Å². The Labute approximate surface area is 169 Å². The molecule has 0 saturated carbocycles. The molecule has 0 bridgehead atoms. The summed E-state index contributed by atoms with van der Waals surface area (Å²) in [5.74, 6) is 0. The summed E-state index contributed by atoms with van der Waals surface area (Å²) in [4.78, 5) is 1.81. The van der Waals surface area contributed by atoms with Crippen LogP contribution in [0.5, 0.6) is 0 Å². The number of rotatable bonds is 7. The summed E-state index contributed by atoms with van der Waals surface area (Å²) in [7, 11) is 0. The van der Waals surface area contributed by atoms with Gasteiger partial charge < -0.3 is 5.32 Å². The number of nitrogens with one attached hydrogen (secondary N) is 1. The molecule has 4 heteroatoms. The average Bonchev–Trinajstić information content (AvgIpc) is 3.02. The van der Waals surface area contributed by atoms with Gasteiger partial charge in [0.05, 0.1) is 6.54 Å². The molecule has 0 saturated heterocycles. The van der Waals surface area contributed by atoms with Gasteiger partial charge >= 0.3 is 0 Å². The van der Waals surface area contributed by atoms with Crippen molar-refractivity contribution in [2.45, 2.75) is 59.7 Å². The van der Waals surface area contributed by atoms with Crippen LogP contribution >= 0.6 is 0 Å². The number of hydrogen-bond donors (Lipinski definition) is 1. The number of nitrogens with zero attached hydrogens (tertiary/aromatic N) is 3. The predicted molar refractivity (Wildman–Crippen MR) is 116 cm³/mol. The van der Waals surface area contributed by atoms with Gasteiger partial charge in [0.15, 0.2) is 0 Å². The largest absolute Gasteiger partial charge is 0.306 e. The lowest BCUT2D eigenvalue weighted by molar-refractivity contribution is 0.240. The highest BCUT2D eigenvalue weighted by atomic mass is 15.5. The van der Waals surface area contributed by atoms with E-state index in [9.17, 15) is 0 Å². The van der Waals surface area contributed by atoms with E-state index in [1.807, 2.05) is 29.1 Å². The molecule has 3 rings (SSSR count). The summed E-state index contributed by atoms with van der Waals surface area (Å²) in [5.41, 5.74) is 4.54. The summed E-state index contributed by atoms with van der Waals surface area (Å²) in [5, 5.41) is 13.3. The zero-order chi connectivity index (χ0) is 20.2. The predicted octanol–water partition coefficient (Wildman–Crippen LogP) is 5.30. The van der Waals surface area contributed by atoms with Crippen LogP contribution in [0.1, 0.15) is 52.3 Å². The molecule has 1 N–H and O–H groups in total. The SMILES string of the molecule is CC(C)(C)CC(C)(C)NCc1nn(Cc2ccccc2)nc1-c1ccccc1. The lowest BCUT2D eigenvalue weighted by Gasteiger charge is -2.33. The van der Waals surface area contributed by atoms with E-state index < -0.39 is 0 Å². The second-order valence-electron chi connectivity index (χ2n) is 9.35. The number of hydrogen-bond acceptors (Lipinski definition) is 3. The van der Waals surface area contributed by atoms with E-state index in [0.717, 1.165) is 23.4 Å². The Hall–Kier alpha value is -2.46. The van der Waals surface area contributed by atoms with Crippen molar-refractivity contribution in [2.24, 2.45) is 5.41 Å². The zero-order valence-electron chi connectivity index (χ0n) is 17.7. The lowest BCUT2D eigenvalue weighted by Crippen LogP contribution is -2.42. The first kappa shape index (κ1) is 20.3. The van der Waals surface area contributed by atoms with Crippen LogP contribution < -0.4 is 5.32 Å². The standard InChI is InChI=1S/C24H32N4/c1-23(2,3)18-24(4,5)25-16-21-22(20-14-10-7-11-15-20)27-28(26-21)17-19-12-8-6-9-13-19/h6-15,25H,16-18H2,1-5H3. The van der Waals surface area contributed by atoms with Crippen LogP contribution in [-0.2, 0) is 13.1 Å². The zero-order valence-corrected chi connectivity index (χ0v) is 17.7. The fourth-order valence-electron chi connectivity index (χ4n) is 3.85. The van der Waals surface area contributed by atoms with Gasteiger partial charge in [0, 0.05) is 17.6 Å². The van der Waals surface area contributed by atoms with E-state index in [0.29, 0.717) is 13.1 Å². The van der Waals surface area contributed by atoms with Crippen molar-refractivity contribution in [3.63, 3.8) is 0 Å². The fourth-order valence-corrected chi connectivity index (χ4v) is 3.85. The molecule has 0 radical (unpaired) electrons. The van der Waals surface area contributed by atoms with Crippen molar-refractivity contribution < 1.29 is 0 Å². The van der Waals surface area contributed by atoms with Crippen molar-refractivity contribution in [2.75, 3.05) is 0 Å². The van der Waals surface area contributed by atoms with Crippen molar-refractivity contribution in [1.29, 1.82) is 0 Å². The molecule has 0 aliphatic heterocycles. The maximum absolute atomic E-state index is 4.82. The van der Waals surface area contributed by atoms with Crippen LogP contribution in [0.3, 0.4) is 0 Å². The molecule has 0 aliphatic rings. The van der Waals surface area contributed by atoms with Crippen molar-refractivity contribution >= 4 is 0 Å². The quantitative estimate of drug-likeness (QED) is 0.608. The van der Waals surface area contributed by atoms with E-state index in [4.69, 9.17) is 10.2 Å². The smallest absolute Gasteiger partial charge is 0.117 e. The molecule has 3 aromatic rings. The molecule has 4 nitrogen and oxygen atoms in total. The van der Waals surface area contributed by atoms with Gasteiger partial charge in [-0.15, -0.1) is 0 Å². The Morgan fingerprint density at radius 2 is 1.43 bits per heavy atom. The summed E-state index contributed by atoms with van der Waals surface area (Å²) >= 11 is 0. The third-order valence-corrected chi connectivity index (χ3v) is 4.65. The molecular weight excluding hydrogens is 344 g/mol. The van der Waals surface area contributed by atoms with Crippen molar-refractivity contribution in [3.05, 3.63) is 71.9 Å². The first-order chi connectivity index (χ1) is 13.2. The average molecular weight is 377 g/mol. The van der Waals surface area contributed by atoms with Crippen LogP contribution in [0.15, 0.2) is 60.7 Å². The van der Waals surface area contributed by atoms with E-state index in [-0.39, 0.29) is 11.0 Å². The summed E-state index contributed by atoms with van der Waals surface area (Å²) in [6, 6.07) is 20.7. The van der Waals surface area contributed by atoms with Crippen molar-refractivity contribution in [3.8, 4) is 11.3 Å².